The monoisotopic (exact) mass is 344 g/mol. The van der Waals surface area contributed by atoms with Gasteiger partial charge in [0.05, 0.1) is 19.1 Å². The lowest BCUT2D eigenvalue weighted by atomic mass is 9.92. The minimum Gasteiger partial charge on any atom is -0.508 e. The molecule has 0 heterocycles. The molecule has 5 heteroatoms. The average Bonchev–Trinajstić information content (AvgIpc) is 2.60. The van der Waals surface area contributed by atoms with Crippen LogP contribution in [0.15, 0.2) is 42.5 Å². The van der Waals surface area contributed by atoms with Crippen LogP contribution in [-0.4, -0.2) is 29.4 Å². The van der Waals surface area contributed by atoms with Gasteiger partial charge in [0.25, 0.3) is 0 Å². The zero-order valence-corrected chi connectivity index (χ0v) is 14.6. The van der Waals surface area contributed by atoms with Gasteiger partial charge in [0.1, 0.15) is 5.75 Å². The number of aromatic hydroxyl groups is 1. The van der Waals surface area contributed by atoms with Gasteiger partial charge >= 0.3 is 5.97 Å². The van der Waals surface area contributed by atoms with E-state index in [-0.39, 0.29) is 5.75 Å². The molecule has 0 spiro atoms. The minimum absolute atomic E-state index is 0.115. The molecular formula is C20H24O5. The van der Waals surface area contributed by atoms with E-state index >= 15 is 0 Å². The molecule has 0 amide bonds. The summed E-state index contributed by atoms with van der Waals surface area (Å²) >= 11 is 0. The molecule has 5 nitrogen and oxygen atoms in total. The first-order valence-corrected chi connectivity index (χ1v) is 8.45. The highest BCUT2D eigenvalue weighted by atomic mass is 16.5. The SMILES string of the molecule is CCCOc1ccc(CC(C(=O)O)c2ccc(O)cc2)cc1OCC. The lowest BCUT2D eigenvalue weighted by molar-refractivity contribution is -0.138. The lowest BCUT2D eigenvalue weighted by Crippen LogP contribution is -2.14. The number of phenols is 1. The molecule has 1 unspecified atom stereocenters. The number of carboxylic acid groups (broad SMARTS) is 1. The second kappa shape index (κ2) is 8.97. The Hall–Kier alpha value is -2.69. The standard InChI is InChI=1S/C20H24O5/c1-3-11-25-18-10-5-14(13-19(18)24-4-2)12-17(20(22)23)15-6-8-16(21)9-7-15/h5-10,13,17,21H,3-4,11-12H2,1-2H3,(H,22,23). The lowest BCUT2D eigenvalue weighted by Gasteiger charge is -2.16. The van der Waals surface area contributed by atoms with Crippen molar-refractivity contribution in [3.63, 3.8) is 0 Å². The molecule has 0 radical (unpaired) electrons. The molecule has 2 N–H and O–H groups in total. The molecule has 0 bridgehead atoms. The highest BCUT2D eigenvalue weighted by molar-refractivity contribution is 5.76. The van der Waals surface area contributed by atoms with Gasteiger partial charge in [-0.1, -0.05) is 25.1 Å². The van der Waals surface area contributed by atoms with Crippen LogP contribution in [0.1, 0.15) is 37.3 Å². The van der Waals surface area contributed by atoms with E-state index in [1.165, 1.54) is 12.1 Å². The summed E-state index contributed by atoms with van der Waals surface area (Å²) in [6.45, 7) is 5.04. The van der Waals surface area contributed by atoms with Crippen LogP contribution < -0.4 is 9.47 Å². The van der Waals surface area contributed by atoms with Gasteiger partial charge in [-0.15, -0.1) is 0 Å². The Labute approximate surface area is 147 Å². The van der Waals surface area contributed by atoms with E-state index in [4.69, 9.17) is 9.47 Å². The Morgan fingerprint density at radius 1 is 1.04 bits per heavy atom. The average molecular weight is 344 g/mol. The summed E-state index contributed by atoms with van der Waals surface area (Å²) in [5.41, 5.74) is 1.50. The summed E-state index contributed by atoms with van der Waals surface area (Å²) < 4.78 is 11.3. The van der Waals surface area contributed by atoms with Gasteiger partial charge in [-0.2, -0.15) is 0 Å². The van der Waals surface area contributed by atoms with E-state index in [2.05, 4.69) is 0 Å². The van der Waals surface area contributed by atoms with Crippen molar-refractivity contribution in [1.82, 2.24) is 0 Å². The van der Waals surface area contributed by atoms with Crippen LogP contribution in [0.3, 0.4) is 0 Å². The van der Waals surface area contributed by atoms with Crippen LogP contribution in [0.5, 0.6) is 17.2 Å². The fourth-order valence-corrected chi connectivity index (χ4v) is 2.57. The fraction of sp³-hybridized carbons (Fsp3) is 0.350. The first kappa shape index (κ1) is 18.6. The van der Waals surface area contributed by atoms with Crippen LogP contribution in [0.4, 0.5) is 0 Å². The van der Waals surface area contributed by atoms with Gasteiger partial charge in [0.2, 0.25) is 0 Å². The van der Waals surface area contributed by atoms with E-state index in [9.17, 15) is 15.0 Å². The number of hydrogen-bond donors (Lipinski definition) is 2. The largest absolute Gasteiger partial charge is 0.508 e. The zero-order chi connectivity index (χ0) is 18.2. The van der Waals surface area contributed by atoms with Gasteiger partial charge in [-0.25, -0.2) is 0 Å². The topological polar surface area (TPSA) is 76.0 Å². The highest BCUT2D eigenvalue weighted by Crippen LogP contribution is 2.31. The fourth-order valence-electron chi connectivity index (χ4n) is 2.57. The Bertz CT molecular complexity index is 694. The number of phenolic OH excluding ortho intramolecular Hbond substituents is 1. The second-order valence-corrected chi connectivity index (χ2v) is 5.75. The van der Waals surface area contributed by atoms with E-state index in [1.54, 1.807) is 12.1 Å². The summed E-state index contributed by atoms with van der Waals surface area (Å²) in [6.07, 6.45) is 1.23. The maximum absolute atomic E-state index is 11.7. The number of carboxylic acids is 1. The number of benzene rings is 2. The molecule has 2 rings (SSSR count). The molecule has 0 aliphatic heterocycles. The van der Waals surface area contributed by atoms with Crippen molar-refractivity contribution < 1.29 is 24.5 Å². The van der Waals surface area contributed by atoms with Crippen molar-refractivity contribution >= 4 is 5.97 Å². The minimum atomic E-state index is -0.907. The number of aliphatic carboxylic acids is 1. The van der Waals surface area contributed by atoms with Crippen molar-refractivity contribution in [3.05, 3.63) is 53.6 Å². The molecule has 2 aromatic rings. The molecule has 0 saturated heterocycles. The van der Waals surface area contributed by atoms with Crippen LogP contribution in [0.2, 0.25) is 0 Å². The zero-order valence-electron chi connectivity index (χ0n) is 14.6. The predicted molar refractivity (Wildman–Crippen MR) is 95.6 cm³/mol. The molecule has 0 aliphatic rings. The van der Waals surface area contributed by atoms with Gasteiger partial charge in [0.15, 0.2) is 11.5 Å². The predicted octanol–water partition coefficient (Wildman–Crippen LogP) is 3.99. The molecule has 2 aromatic carbocycles. The van der Waals surface area contributed by atoms with Crippen LogP contribution in [0, 0.1) is 0 Å². The Morgan fingerprint density at radius 2 is 1.76 bits per heavy atom. The van der Waals surface area contributed by atoms with Crippen molar-refractivity contribution in [3.8, 4) is 17.2 Å². The third kappa shape index (κ3) is 5.14. The first-order chi connectivity index (χ1) is 12.0. The maximum Gasteiger partial charge on any atom is 0.311 e. The van der Waals surface area contributed by atoms with Crippen LogP contribution >= 0.6 is 0 Å². The third-order valence-electron chi connectivity index (χ3n) is 3.80. The normalized spacial score (nSPS) is 11.8. The number of rotatable bonds is 9. The van der Waals surface area contributed by atoms with Crippen molar-refractivity contribution in [2.75, 3.05) is 13.2 Å². The van der Waals surface area contributed by atoms with Crippen LogP contribution in [0.25, 0.3) is 0 Å². The number of ether oxygens (including phenoxy) is 2. The molecule has 0 aromatic heterocycles. The second-order valence-electron chi connectivity index (χ2n) is 5.75. The van der Waals surface area contributed by atoms with Gasteiger partial charge < -0.3 is 19.7 Å². The van der Waals surface area contributed by atoms with Gasteiger partial charge in [-0.3, -0.25) is 4.79 Å². The summed E-state index contributed by atoms with van der Waals surface area (Å²) in [7, 11) is 0. The van der Waals surface area contributed by atoms with E-state index < -0.39 is 11.9 Å². The molecule has 25 heavy (non-hydrogen) atoms. The molecule has 0 saturated carbocycles. The van der Waals surface area contributed by atoms with Crippen molar-refractivity contribution in [2.45, 2.75) is 32.6 Å². The van der Waals surface area contributed by atoms with Gasteiger partial charge in [0, 0.05) is 0 Å². The number of carbonyl (C=O) groups is 1. The Balaban J connectivity index is 2.25. The summed E-state index contributed by atoms with van der Waals surface area (Å²) in [6, 6.07) is 11.8. The molecule has 0 aliphatic carbocycles. The van der Waals surface area contributed by atoms with Crippen LogP contribution in [-0.2, 0) is 11.2 Å². The first-order valence-electron chi connectivity index (χ1n) is 8.45. The Morgan fingerprint density at radius 3 is 2.36 bits per heavy atom. The summed E-state index contributed by atoms with van der Waals surface area (Å²) in [5, 5.41) is 19.0. The highest BCUT2D eigenvalue weighted by Gasteiger charge is 2.21. The van der Waals surface area contributed by atoms with E-state index in [0.717, 1.165) is 12.0 Å². The maximum atomic E-state index is 11.7. The Kier molecular flexibility index (Phi) is 6.69. The third-order valence-corrected chi connectivity index (χ3v) is 3.80. The quantitative estimate of drug-likeness (QED) is 0.719. The molecule has 134 valence electrons. The molecule has 0 fully saturated rings. The summed E-state index contributed by atoms with van der Waals surface area (Å²) in [5.74, 6) is -0.191. The smallest absolute Gasteiger partial charge is 0.311 e. The van der Waals surface area contributed by atoms with Crippen molar-refractivity contribution in [2.24, 2.45) is 0 Å². The molecule has 1 atom stereocenters. The molecular weight excluding hydrogens is 320 g/mol. The number of hydrogen-bond acceptors (Lipinski definition) is 4. The van der Waals surface area contributed by atoms with E-state index in [1.807, 2.05) is 32.0 Å². The van der Waals surface area contributed by atoms with Crippen molar-refractivity contribution in [1.29, 1.82) is 0 Å². The van der Waals surface area contributed by atoms with Gasteiger partial charge in [-0.05, 0) is 55.2 Å². The summed E-state index contributed by atoms with van der Waals surface area (Å²) in [4.78, 5) is 11.7. The van der Waals surface area contributed by atoms with E-state index in [0.29, 0.717) is 36.7 Å².